The Balaban J connectivity index is 1.60. The van der Waals surface area contributed by atoms with Crippen LogP contribution in [0.1, 0.15) is 16.8 Å². The van der Waals surface area contributed by atoms with E-state index >= 15 is 0 Å². The fourth-order valence-electron chi connectivity index (χ4n) is 3.36. The van der Waals surface area contributed by atoms with E-state index in [1.807, 2.05) is 43.3 Å². The van der Waals surface area contributed by atoms with Crippen LogP contribution in [0.2, 0.25) is 0 Å². The van der Waals surface area contributed by atoms with Gasteiger partial charge in [0.05, 0.1) is 17.7 Å². The molecule has 6 nitrogen and oxygen atoms in total. The zero-order chi connectivity index (χ0) is 19.7. The van der Waals surface area contributed by atoms with Crippen molar-refractivity contribution in [1.29, 1.82) is 0 Å². The monoisotopic (exact) mass is 395 g/mol. The van der Waals surface area contributed by atoms with E-state index in [9.17, 15) is 8.42 Å². The second kappa shape index (κ2) is 7.33. The van der Waals surface area contributed by atoms with Gasteiger partial charge in [0.1, 0.15) is 5.75 Å². The number of aromatic nitrogens is 2. The van der Waals surface area contributed by atoms with Gasteiger partial charge in [-0.3, -0.25) is 0 Å². The third-order valence-electron chi connectivity index (χ3n) is 4.96. The molecule has 0 radical (unpaired) electrons. The quantitative estimate of drug-likeness (QED) is 0.678. The van der Waals surface area contributed by atoms with Gasteiger partial charge in [-0.2, -0.15) is 4.31 Å². The number of hydrogen-bond acceptors (Lipinski definition) is 5. The largest absolute Gasteiger partial charge is 0.497 e. The Morgan fingerprint density at radius 2 is 1.82 bits per heavy atom. The topological polar surface area (TPSA) is 72.4 Å². The Morgan fingerprint density at radius 1 is 1.07 bits per heavy atom. The maximum atomic E-state index is 13.0. The molecule has 2 heterocycles. The van der Waals surface area contributed by atoms with Gasteiger partial charge >= 0.3 is 0 Å². The van der Waals surface area contributed by atoms with Crippen molar-refractivity contribution in [2.45, 2.75) is 24.8 Å². The van der Waals surface area contributed by atoms with E-state index in [1.165, 1.54) is 4.31 Å². The summed E-state index contributed by atoms with van der Waals surface area (Å²) in [5, 5.41) is 0. The molecule has 7 heteroatoms. The number of rotatable bonds is 4. The molecule has 1 aliphatic rings. The molecule has 0 bridgehead atoms. The van der Waals surface area contributed by atoms with Gasteiger partial charge in [0.2, 0.25) is 10.0 Å². The lowest BCUT2D eigenvalue weighted by Crippen LogP contribution is -2.36. The first-order valence-electron chi connectivity index (χ1n) is 9.04. The van der Waals surface area contributed by atoms with E-state index in [-0.39, 0.29) is 6.54 Å². The first-order chi connectivity index (χ1) is 13.5. The van der Waals surface area contributed by atoms with E-state index in [1.54, 1.807) is 25.4 Å². The summed E-state index contributed by atoms with van der Waals surface area (Å²) in [5.41, 5.74) is 3.40. The molecule has 0 saturated heterocycles. The van der Waals surface area contributed by atoms with Crippen LogP contribution in [-0.4, -0.2) is 36.3 Å². The van der Waals surface area contributed by atoms with Crippen molar-refractivity contribution in [2.24, 2.45) is 0 Å². The minimum Gasteiger partial charge on any atom is -0.497 e. The molecule has 0 amide bonds. The highest BCUT2D eigenvalue weighted by Crippen LogP contribution is 2.27. The summed E-state index contributed by atoms with van der Waals surface area (Å²) in [7, 11) is -1.92. The molecule has 4 rings (SSSR count). The second-order valence-electron chi connectivity index (χ2n) is 6.75. The summed E-state index contributed by atoms with van der Waals surface area (Å²) in [6.07, 6.45) is 2.30. The second-order valence-corrected chi connectivity index (χ2v) is 8.65. The molecule has 144 valence electrons. The summed E-state index contributed by atoms with van der Waals surface area (Å²) in [6, 6.07) is 14.6. The zero-order valence-electron chi connectivity index (χ0n) is 15.8. The van der Waals surface area contributed by atoms with E-state index in [2.05, 4.69) is 9.97 Å². The molecular formula is C21H21N3O3S. The third-order valence-corrected chi connectivity index (χ3v) is 6.96. The van der Waals surface area contributed by atoms with Crippen LogP contribution >= 0.6 is 0 Å². The summed E-state index contributed by atoms with van der Waals surface area (Å²) >= 11 is 0. The summed E-state index contributed by atoms with van der Waals surface area (Å²) in [4.78, 5) is 9.48. The van der Waals surface area contributed by atoms with Gasteiger partial charge in [-0.25, -0.2) is 18.4 Å². The van der Waals surface area contributed by atoms with Crippen LogP contribution in [-0.2, 0) is 23.0 Å². The fourth-order valence-corrected chi connectivity index (χ4v) is 5.00. The maximum absolute atomic E-state index is 13.0. The molecular weight excluding hydrogens is 374 g/mol. The number of aryl methyl sites for hydroxylation is 1. The molecule has 0 spiro atoms. The van der Waals surface area contributed by atoms with E-state index < -0.39 is 10.0 Å². The van der Waals surface area contributed by atoms with Gasteiger partial charge in [0.25, 0.3) is 0 Å². The van der Waals surface area contributed by atoms with Crippen LogP contribution in [0.25, 0.3) is 11.4 Å². The van der Waals surface area contributed by atoms with Crippen LogP contribution < -0.4 is 4.74 Å². The van der Waals surface area contributed by atoms with Crippen LogP contribution in [0.3, 0.4) is 0 Å². The Hall–Kier alpha value is -2.77. The number of hydrogen-bond donors (Lipinski definition) is 0. The van der Waals surface area contributed by atoms with Crippen LogP contribution in [0.4, 0.5) is 0 Å². The summed E-state index contributed by atoms with van der Waals surface area (Å²) in [5.74, 6) is 1.41. The highest BCUT2D eigenvalue weighted by atomic mass is 32.2. The smallest absolute Gasteiger partial charge is 0.243 e. The number of benzene rings is 2. The highest BCUT2D eigenvalue weighted by Gasteiger charge is 2.30. The Labute approximate surface area is 164 Å². The number of nitrogens with zero attached hydrogens (tertiary/aromatic N) is 3. The first-order valence-corrected chi connectivity index (χ1v) is 10.5. The van der Waals surface area contributed by atoms with Gasteiger partial charge in [-0.15, -0.1) is 0 Å². The van der Waals surface area contributed by atoms with Crippen molar-refractivity contribution < 1.29 is 13.2 Å². The van der Waals surface area contributed by atoms with Crippen LogP contribution in [0.15, 0.2) is 59.6 Å². The first kappa shape index (κ1) is 18.6. The standard InChI is InChI=1S/C21H21N3O3S/c1-15-5-3-4-6-20(15)28(25,26)24-12-11-19-17(14-24)13-22-21(23-19)16-7-9-18(27-2)10-8-16/h3-10,13H,11-12,14H2,1-2H3. The number of fused-ring (bicyclic) bond motifs is 1. The Morgan fingerprint density at radius 3 is 2.54 bits per heavy atom. The summed E-state index contributed by atoms with van der Waals surface area (Å²) < 4.78 is 32.8. The van der Waals surface area contributed by atoms with E-state index in [0.29, 0.717) is 23.7 Å². The molecule has 2 aromatic carbocycles. The lowest BCUT2D eigenvalue weighted by atomic mass is 10.1. The molecule has 3 aromatic rings. The van der Waals surface area contributed by atoms with Crippen molar-refractivity contribution in [2.75, 3.05) is 13.7 Å². The van der Waals surface area contributed by atoms with Crippen molar-refractivity contribution in [1.82, 2.24) is 14.3 Å². The molecule has 1 aromatic heterocycles. The van der Waals surface area contributed by atoms with E-state index in [0.717, 1.165) is 28.1 Å². The summed E-state index contributed by atoms with van der Waals surface area (Å²) in [6.45, 7) is 2.51. The minimum absolute atomic E-state index is 0.287. The van der Waals surface area contributed by atoms with Gasteiger partial charge in [-0.1, -0.05) is 18.2 Å². The maximum Gasteiger partial charge on any atom is 0.243 e. The Kier molecular flexibility index (Phi) is 4.87. The molecule has 0 unspecified atom stereocenters. The van der Waals surface area contributed by atoms with Crippen LogP contribution in [0, 0.1) is 6.92 Å². The molecule has 1 aliphatic heterocycles. The van der Waals surface area contributed by atoms with Gasteiger partial charge in [0.15, 0.2) is 5.82 Å². The number of sulfonamides is 1. The predicted molar refractivity (Wildman–Crippen MR) is 106 cm³/mol. The molecule has 0 aliphatic carbocycles. The van der Waals surface area contributed by atoms with Crippen molar-refractivity contribution in [3.05, 3.63) is 71.5 Å². The predicted octanol–water partition coefficient (Wildman–Crippen LogP) is 3.21. The molecule has 0 saturated carbocycles. The molecule has 0 N–H and O–H groups in total. The lowest BCUT2D eigenvalue weighted by Gasteiger charge is -2.28. The van der Waals surface area contributed by atoms with Crippen LogP contribution in [0.5, 0.6) is 5.75 Å². The average molecular weight is 395 g/mol. The molecule has 28 heavy (non-hydrogen) atoms. The fraction of sp³-hybridized carbons (Fsp3) is 0.238. The van der Waals surface area contributed by atoms with Gasteiger partial charge < -0.3 is 4.74 Å². The SMILES string of the molecule is COc1ccc(-c2ncc3c(n2)CCN(S(=O)(=O)c2ccccc2C)C3)cc1. The molecule has 0 atom stereocenters. The zero-order valence-corrected chi connectivity index (χ0v) is 16.6. The highest BCUT2D eigenvalue weighted by molar-refractivity contribution is 7.89. The molecule has 0 fully saturated rings. The van der Waals surface area contributed by atoms with Gasteiger partial charge in [0, 0.05) is 36.8 Å². The minimum atomic E-state index is -3.54. The van der Waals surface area contributed by atoms with Gasteiger partial charge in [-0.05, 0) is 42.8 Å². The van der Waals surface area contributed by atoms with E-state index in [4.69, 9.17) is 4.74 Å². The average Bonchev–Trinajstić information content (AvgIpc) is 2.73. The normalized spacial score (nSPS) is 14.5. The van der Waals surface area contributed by atoms with Crippen molar-refractivity contribution >= 4 is 10.0 Å². The number of methoxy groups -OCH3 is 1. The third kappa shape index (κ3) is 3.39. The Bertz CT molecular complexity index is 1110. The van der Waals surface area contributed by atoms with Crippen molar-refractivity contribution in [3.63, 3.8) is 0 Å². The van der Waals surface area contributed by atoms with Crippen molar-refractivity contribution in [3.8, 4) is 17.1 Å². The lowest BCUT2D eigenvalue weighted by molar-refractivity contribution is 0.386. The number of ether oxygens (including phenoxy) is 1.